The smallest absolute Gasteiger partial charge is 0.393 e. The summed E-state index contributed by atoms with van der Waals surface area (Å²) in [7, 11) is 2.84. The lowest BCUT2D eigenvalue weighted by Gasteiger charge is -2.14. The second-order valence-electron chi connectivity index (χ2n) is 4.45. The molecule has 0 spiro atoms. The highest BCUT2D eigenvalue weighted by Gasteiger charge is 2.68. The molecule has 1 aromatic carbocycles. The first kappa shape index (κ1) is 13.5. The number of alkyl halides is 3. The lowest BCUT2D eigenvalue weighted by molar-refractivity contribution is -0.150. The summed E-state index contributed by atoms with van der Waals surface area (Å²) >= 11 is 0. The first-order valence-corrected chi connectivity index (χ1v) is 5.59. The van der Waals surface area contributed by atoms with E-state index >= 15 is 0 Å². The molecule has 6 heteroatoms. The van der Waals surface area contributed by atoms with Crippen LogP contribution in [0.2, 0.25) is 0 Å². The average molecular weight is 271 g/mol. The topological polar surface area (TPSA) is 42.2 Å². The van der Waals surface area contributed by atoms with E-state index in [-0.39, 0.29) is 6.42 Å². The molecule has 2 atom stereocenters. The fraction of sp³-hybridized carbons (Fsp3) is 0.462. The molecule has 0 aliphatic heterocycles. The van der Waals surface area contributed by atoms with E-state index in [1.807, 2.05) is 0 Å². The third kappa shape index (κ3) is 2.09. The van der Waals surface area contributed by atoms with Crippen LogP contribution in [0.25, 0.3) is 0 Å². The van der Waals surface area contributed by atoms with Gasteiger partial charge >= 0.3 is 6.18 Å². The molecular weight excluding hydrogens is 259 g/mol. The van der Waals surface area contributed by atoms with E-state index in [4.69, 9.17) is 14.7 Å². The highest BCUT2D eigenvalue weighted by atomic mass is 19.4. The largest absolute Gasteiger partial charge is 0.493 e. The minimum absolute atomic E-state index is 0.206. The van der Waals surface area contributed by atoms with Crippen molar-refractivity contribution >= 4 is 0 Å². The molecule has 1 aromatic rings. The molecule has 0 saturated heterocycles. The molecule has 0 heterocycles. The molecule has 0 unspecified atom stereocenters. The van der Waals surface area contributed by atoms with Gasteiger partial charge in [0.15, 0.2) is 11.5 Å². The molecule has 1 saturated carbocycles. The standard InChI is InChI=1S/C13H12F3NO2/c1-18-9-4-3-8(5-10(9)19-2)12(7-17)6-11(12)13(14,15)16/h3-5,11H,6H2,1-2H3/t11-,12-/m0/s1. The maximum Gasteiger partial charge on any atom is 0.393 e. The van der Waals surface area contributed by atoms with Gasteiger partial charge in [-0.15, -0.1) is 0 Å². The number of hydrogen-bond donors (Lipinski definition) is 0. The summed E-state index contributed by atoms with van der Waals surface area (Å²) in [6, 6.07) is 6.23. The van der Waals surface area contributed by atoms with Crippen LogP contribution >= 0.6 is 0 Å². The normalized spacial score (nSPS) is 25.6. The van der Waals surface area contributed by atoms with Gasteiger partial charge in [0, 0.05) is 0 Å². The minimum atomic E-state index is -4.36. The zero-order valence-electron chi connectivity index (χ0n) is 10.4. The van der Waals surface area contributed by atoms with Crippen LogP contribution in [0.4, 0.5) is 13.2 Å². The quantitative estimate of drug-likeness (QED) is 0.848. The molecule has 1 aliphatic carbocycles. The lowest BCUT2D eigenvalue weighted by Crippen LogP contribution is -2.19. The van der Waals surface area contributed by atoms with E-state index in [0.29, 0.717) is 17.1 Å². The number of ether oxygens (including phenoxy) is 2. The minimum Gasteiger partial charge on any atom is -0.493 e. The molecule has 2 rings (SSSR count). The Hall–Kier alpha value is -1.90. The zero-order valence-corrected chi connectivity index (χ0v) is 10.4. The summed E-state index contributed by atoms with van der Waals surface area (Å²) in [6.45, 7) is 0. The Morgan fingerprint density at radius 2 is 1.89 bits per heavy atom. The molecular formula is C13H12F3NO2. The van der Waals surface area contributed by atoms with E-state index in [0.717, 1.165) is 0 Å². The highest BCUT2D eigenvalue weighted by molar-refractivity contribution is 5.50. The molecule has 1 aliphatic rings. The van der Waals surface area contributed by atoms with Gasteiger partial charge in [-0.3, -0.25) is 0 Å². The SMILES string of the molecule is COc1ccc([C@@]2(C#N)C[C@@H]2C(F)(F)F)cc1OC. The summed E-state index contributed by atoms with van der Waals surface area (Å²) in [5.74, 6) is -0.867. The fourth-order valence-corrected chi connectivity index (χ4v) is 2.28. The van der Waals surface area contributed by atoms with Gasteiger partial charge in [0.1, 0.15) is 0 Å². The van der Waals surface area contributed by atoms with Gasteiger partial charge in [-0.2, -0.15) is 18.4 Å². The van der Waals surface area contributed by atoms with Gasteiger partial charge in [-0.25, -0.2) is 0 Å². The Morgan fingerprint density at radius 3 is 2.32 bits per heavy atom. The second-order valence-corrected chi connectivity index (χ2v) is 4.45. The summed E-state index contributed by atoms with van der Waals surface area (Å²) < 4.78 is 48.3. The van der Waals surface area contributed by atoms with E-state index in [9.17, 15) is 13.2 Å². The van der Waals surface area contributed by atoms with Crippen LogP contribution in [-0.4, -0.2) is 20.4 Å². The number of hydrogen-bond acceptors (Lipinski definition) is 3. The number of halogens is 3. The van der Waals surface area contributed by atoms with Crippen LogP contribution in [0.3, 0.4) is 0 Å². The van der Waals surface area contributed by atoms with Crippen molar-refractivity contribution in [3.63, 3.8) is 0 Å². The van der Waals surface area contributed by atoms with Crippen molar-refractivity contribution in [2.75, 3.05) is 14.2 Å². The van der Waals surface area contributed by atoms with E-state index < -0.39 is 17.5 Å². The molecule has 1 fully saturated rings. The molecule has 0 N–H and O–H groups in total. The molecule has 0 radical (unpaired) electrons. The third-order valence-electron chi connectivity index (χ3n) is 3.45. The highest BCUT2D eigenvalue weighted by Crippen LogP contribution is 2.61. The molecule has 102 valence electrons. The van der Waals surface area contributed by atoms with Gasteiger partial charge in [-0.05, 0) is 24.1 Å². The van der Waals surface area contributed by atoms with Gasteiger partial charge in [-0.1, -0.05) is 6.07 Å². The molecule has 0 aromatic heterocycles. The summed E-state index contributed by atoms with van der Waals surface area (Å²) in [5.41, 5.74) is -1.17. The third-order valence-corrected chi connectivity index (χ3v) is 3.45. The molecule has 0 bridgehead atoms. The van der Waals surface area contributed by atoms with Gasteiger partial charge in [0.05, 0.1) is 31.6 Å². The summed E-state index contributed by atoms with van der Waals surface area (Å²) in [6.07, 6.45) is -4.56. The predicted molar refractivity (Wildman–Crippen MR) is 61.0 cm³/mol. The van der Waals surface area contributed by atoms with Crippen molar-refractivity contribution in [3.05, 3.63) is 23.8 Å². The first-order chi connectivity index (χ1) is 8.89. The monoisotopic (exact) mass is 271 g/mol. The Balaban J connectivity index is 2.40. The van der Waals surface area contributed by atoms with Crippen molar-refractivity contribution < 1.29 is 22.6 Å². The Kier molecular flexibility index (Phi) is 3.09. The second kappa shape index (κ2) is 4.34. The van der Waals surface area contributed by atoms with Crippen molar-refractivity contribution in [2.45, 2.75) is 18.0 Å². The Morgan fingerprint density at radius 1 is 1.26 bits per heavy atom. The van der Waals surface area contributed by atoms with Gasteiger partial charge < -0.3 is 9.47 Å². The van der Waals surface area contributed by atoms with E-state index in [1.54, 1.807) is 6.07 Å². The Labute approximate surface area is 108 Å². The fourth-order valence-electron chi connectivity index (χ4n) is 2.28. The van der Waals surface area contributed by atoms with Gasteiger partial charge in [0.2, 0.25) is 0 Å². The Bertz CT molecular complexity index is 536. The van der Waals surface area contributed by atoms with Crippen LogP contribution in [0, 0.1) is 17.2 Å². The number of nitriles is 1. The molecule has 0 amide bonds. The van der Waals surface area contributed by atoms with Crippen LogP contribution < -0.4 is 9.47 Å². The van der Waals surface area contributed by atoms with Crippen LogP contribution in [0.15, 0.2) is 18.2 Å². The lowest BCUT2D eigenvalue weighted by atomic mass is 9.94. The van der Waals surface area contributed by atoms with Crippen LogP contribution in [-0.2, 0) is 5.41 Å². The van der Waals surface area contributed by atoms with Crippen LogP contribution in [0.1, 0.15) is 12.0 Å². The van der Waals surface area contributed by atoms with E-state index in [1.165, 1.54) is 32.4 Å². The van der Waals surface area contributed by atoms with Crippen molar-refractivity contribution in [1.82, 2.24) is 0 Å². The zero-order chi connectivity index (χ0) is 14.3. The van der Waals surface area contributed by atoms with Crippen molar-refractivity contribution in [2.24, 2.45) is 5.92 Å². The van der Waals surface area contributed by atoms with E-state index in [2.05, 4.69) is 0 Å². The molecule has 3 nitrogen and oxygen atoms in total. The molecule has 19 heavy (non-hydrogen) atoms. The maximum atomic E-state index is 12.7. The maximum absolute atomic E-state index is 12.7. The number of methoxy groups -OCH3 is 2. The van der Waals surface area contributed by atoms with Gasteiger partial charge in [0.25, 0.3) is 0 Å². The number of benzene rings is 1. The number of rotatable bonds is 3. The average Bonchev–Trinajstić information content (AvgIpc) is 3.14. The summed E-state index contributed by atoms with van der Waals surface area (Å²) in [5, 5.41) is 9.11. The predicted octanol–water partition coefficient (Wildman–Crippen LogP) is 3.05. The summed E-state index contributed by atoms with van der Waals surface area (Å²) in [4.78, 5) is 0. The first-order valence-electron chi connectivity index (χ1n) is 5.59. The van der Waals surface area contributed by atoms with Crippen molar-refractivity contribution in [1.29, 1.82) is 5.26 Å². The van der Waals surface area contributed by atoms with Crippen molar-refractivity contribution in [3.8, 4) is 17.6 Å². The number of nitrogens with zero attached hydrogens (tertiary/aromatic N) is 1. The van der Waals surface area contributed by atoms with Crippen LogP contribution in [0.5, 0.6) is 11.5 Å².